The maximum absolute atomic E-state index is 11.3. The van der Waals surface area contributed by atoms with E-state index in [1.165, 1.54) is 16.9 Å². The molecule has 0 amide bonds. The predicted octanol–water partition coefficient (Wildman–Crippen LogP) is 2.52. The van der Waals surface area contributed by atoms with Crippen LogP contribution in [0.3, 0.4) is 0 Å². The van der Waals surface area contributed by atoms with Crippen molar-refractivity contribution in [1.29, 1.82) is 0 Å². The van der Waals surface area contributed by atoms with Crippen LogP contribution in [0.25, 0.3) is 0 Å². The Morgan fingerprint density at radius 1 is 1.50 bits per heavy atom. The fourth-order valence-corrected chi connectivity index (χ4v) is 2.48. The van der Waals surface area contributed by atoms with Gasteiger partial charge >= 0.3 is 5.97 Å². The summed E-state index contributed by atoms with van der Waals surface area (Å²) in [5.74, 6) is -0.223. The van der Waals surface area contributed by atoms with Crippen LogP contribution in [-0.2, 0) is 16.0 Å². The quantitative estimate of drug-likeness (QED) is 0.805. The lowest BCUT2D eigenvalue weighted by Gasteiger charge is -2.16. The number of thiophene rings is 1. The lowest BCUT2D eigenvalue weighted by atomic mass is 10.2. The number of methoxy groups -OCH3 is 1. The van der Waals surface area contributed by atoms with Crippen molar-refractivity contribution in [1.82, 2.24) is 5.32 Å². The first kappa shape index (κ1) is 13.2. The number of carbonyl (C=O) groups is 1. The van der Waals surface area contributed by atoms with Crippen LogP contribution in [0, 0.1) is 0 Å². The molecule has 0 saturated carbocycles. The second-order valence-corrected chi connectivity index (χ2v) is 4.99. The third-order valence-corrected chi connectivity index (χ3v) is 3.92. The number of rotatable bonds is 5. The molecule has 4 heteroatoms. The SMILES string of the molecule is CCc1ccc(C(C)N[C@@H](C)C(=O)OC)s1. The van der Waals surface area contributed by atoms with Crippen LogP contribution in [0.1, 0.15) is 36.6 Å². The molecular weight excluding hydrogens is 222 g/mol. The van der Waals surface area contributed by atoms with E-state index in [1.54, 1.807) is 11.3 Å². The molecule has 1 heterocycles. The highest BCUT2D eigenvalue weighted by Crippen LogP contribution is 2.23. The minimum absolute atomic E-state index is 0.180. The average molecular weight is 241 g/mol. The highest BCUT2D eigenvalue weighted by atomic mass is 32.1. The van der Waals surface area contributed by atoms with Gasteiger partial charge in [0, 0.05) is 15.8 Å². The molecule has 1 rings (SSSR count). The van der Waals surface area contributed by atoms with Gasteiger partial charge in [0.25, 0.3) is 0 Å². The molecular formula is C12H19NO2S. The molecule has 0 fully saturated rings. The first-order chi connectivity index (χ1) is 7.58. The van der Waals surface area contributed by atoms with E-state index in [-0.39, 0.29) is 18.1 Å². The van der Waals surface area contributed by atoms with E-state index in [0.717, 1.165) is 6.42 Å². The van der Waals surface area contributed by atoms with Crippen LogP contribution in [0.4, 0.5) is 0 Å². The molecule has 90 valence electrons. The van der Waals surface area contributed by atoms with Crippen molar-refractivity contribution < 1.29 is 9.53 Å². The Morgan fingerprint density at radius 2 is 2.19 bits per heavy atom. The summed E-state index contributed by atoms with van der Waals surface area (Å²) in [4.78, 5) is 13.9. The molecule has 3 nitrogen and oxygen atoms in total. The number of hydrogen-bond donors (Lipinski definition) is 1. The van der Waals surface area contributed by atoms with Gasteiger partial charge < -0.3 is 4.74 Å². The average Bonchev–Trinajstić information content (AvgIpc) is 2.76. The Balaban J connectivity index is 2.57. The van der Waals surface area contributed by atoms with Gasteiger partial charge in [-0.25, -0.2) is 0 Å². The summed E-state index contributed by atoms with van der Waals surface area (Å²) in [5.41, 5.74) is 0. The monoisotopic (exact) mass is 241 g/mol. The van der Waals surface area contributed by atoms with Crippen molar-refractivity contribution in [2.75, 3.05) is 7.11 Å². The standard InChI is InChI=1S/C12H19NO2S/c1-5-10-6-7-11(16-10)8(2)13-9(3)12(14)15-4/h6-9,13H,5H2,1-4H3/t8?,9-/m0/s1. The Hall–Kier alpha value is -0.870. The van der Waals surface area contributed by atoms with Crippen LogP contribution in [0.5, 0.6) is 0 Å². The summed E-state index contributed by atoms with van der Waals surface area (Å²) in [6.07, 6.45) is 1.06. The molecule has 0 saturated heterocycles. The number of aryl methyl sites for hydroxylation is 1. The zero-order chi connectivity index (χ0) is 12.1. The summed E-state index contributed by atoms with van der Waals surface area (Å²) in [6, 6.07) is 4.16. The zero-order valence-corrected chi connectivity index (χ0v) is 11.1. The Bertz CT molecular complexity index is 349. The molecule has 0 aromatic carbocycles. The van der Waals surface area contributed by atoms with Crippen LogP contribution in [0.15, 0.2) is 12.1 Å². The molecule has 1 unspecified atom stereocenters. The van der Waals surface area contributed by atoms with Crippen LogP contribution in [-0.4, -0.2) is 19.1 Å². The van der Waals surface area contributed by atoms with Gasteiger partial charge in [0.05, 0.1) is 7.11 Å². The van der Waals surface area contributed by atoms with Gasteiger partial charge in [-0.1, -0.05) is 6.92 Å². The van der Waals surface area contributed by atoms with Crippen molar-refractivity contribution in [2.45, 2.75) is 39.3 Å². The fraction of sp³-hybridized carbons (Fsp3) is 0.583. The minimum Gasteiger partial charge on any atom is -0.468 e. The minimum atomic E-state index is -0.271. The third kappa shape index (κ3) is 3.32. The summed E-state index contributed by atoms with van der Waals surface area (Å²) < 4.78 is 4.68. The van der Waals surface area contributed by atoms with Crippen molar-refractivity contribution in [3.63, 3.8) is 0 Å². The molecule has 16 heavy (non-hydrogen) atoms. The predicted molar refractivity (Wildman–Crippen MR) is 66.7 cm³/mol. The zero-order valence-electron chi connectivity index (χ0n) is 10.2. The molecule has 0 aliphatic carbocycles. The van der Waals surface area contributed by atoms with Crippen molar-refractivity contribution in [3.05, 3.63) is 21.9 Å². The maximum atomic E-state index is 11.3. The van der Waals surface area contributed by atoms with Gasteiger partial charge in [-0.3, -0.25) is 10.1 Å². The topological polar surface area (TPSA) is 38.3 Å². The summed E-state index contributed by atoms with van der Waals surface area (Å²) in [5, 5.41) is 3.22. The first-order valence-electron chi connectivity index (χ1n) is 5.51. The van der Waals surface area contributed by atoms with Gasteiger partial charge in [0.2, 0.25) is 0 Å². The van der Waals surface area contributed by atoms with Crippen molar-refractivity contribution >= 4 is 17.3 Å². The van der Waals surface area contributed by atoms with Gasteiger partial charge in [0.1, 0.15) is 6.04 Å². The van der Waals surface area contributed by atoms with Crippen LogP contribution < -0.4 is 5.32 Å². The molecule has 2 atom stereocenters. The van der Waals surface area contributed by atoms with Crippen molar-refractivity contribution in [2.24, 2.45) is 0 Å². The highest BCUT2D eigenvalue weighted by Gasteiger charge is 2.17. The number of esters is 1. The summed E-state index contributed by atoms with van der Waals surface area (Å²) in [7, 11) is 1.41. The Kier molecular flexibility index (Phi) is 4.96. The molecule has 0 radical (unpaired) electrons. The molecule has 1 N–H and O–H groups in total. The second kappa shape index (κ2) is 6.01. The van der Waals surface area contributed by atoms with E-state index >= 15 is 0 Å². The van der Waals surface area contributed by atoms with E-state index in [0.29, 0.717) is 0 Å². The number of hydrogen-bond acceptors (Lipinski definition) is 4. The van der Waals surface area contributed by atoms with Crippen molar-refractivity contribution in [3.8, 4) is 0 Å². The highest BCUT2D eigenvalue weighted by molar-refractivity contribution is 7.12. The summed E-state index contributed by atoms with van der Waals surface area (Å²) >= 11 is 1.79. The molecule has 0 spiro atoms. The normalized spacial score (nSPS) is 14.5. The Morgan fingerprint density at radius 3 is 2.69 bits per heavy atom. The second-order valence-electron chi connectivity index (χ2n) is 3.79. The third-order valence-electron chi connectivity index (χ3n) is 2.51. The fourth-order valence-electron chi connectivity index (χ4n) is 1.52. The smallest absolute Gasteiger partial charge is 0.322 e. The lowest BCUT2D eigenvalue weighted by molar-refractivity contribution is -0.142. The van der Waals surface area contributed by atoms with E-state index in [4.69, 9.17) is 0 Å². The van der Waals surface area contributed by atoms with Gasteiger partial charge in [-0.15, -0.1) is 11.3 Å². The van der Waals surface area contributed by atoms with Gasteiger partial charge in [0.15, 0.2) is 0 Å². The lowest BCUT2D eigenvalue weighted by Crippen LogP contribution is -2.36. The number of ether oxygens (including phenoxy) is 1. The number of nitrogens with one attached hydrogen (secondary N) is 1. The first-order valence-corrected chi connectivity index (χ1v) is 6.32. The molecule has 0 aliphatic rings. The van der Waals surface area contributed by atoms with Crippen LogP contribution in [0.2, 0.25) is 0 Å². The molecule has 0 aliphatic heterocycles. The molecule has 1 aromatic rings. The summed E-state index contributed by atoms with van der Waals surface area (Å²) in [6.45, 7) is 6.02. The van der Waals surface area contributed by atoms with E-state index in [9.17, 15) is 4.79 Å². The van der Waals surface area contributed by atoms with E-state index in [1.807, 2.05) is 6.92 Å². The Labute approximate surface area is 101 Å². The van der Waals surface area contributed by atoms with Crippen LogP contribution >= 0.6 is 11.3 Å². The maximum Gasteiger partial charge on any atom is 0.322 e. The van der Waals surface area contributed by atoms with E-state index in [2.05, 4.69) is 36.0 Å². The van der Waals surface area contributed by atoms with Gasteiger partial charge in [-0.05, 0) is 32.4 Å². The van der Waals surface area contributed by atoms with E-state index < -0.39 is 0 Å². The number of carbonyl (C=O) groups excluding carboxylic acids is 1. The molecule has 1 aromatic heterocycles. The van der Waals surface area contributed by atoms with Gasteiger partial charge in [-0.2, -0.15) is 0 Å². The largest absolute Gasteiger partial charge is 0.468 e. The molecule has 0 bridgehead atoms.